The van der Waals surface area contributed by atoms with Crippen LogP contribution in [-0.2, 0) is 9.47 Å². The maximum atomic E-state index is 5.66. The molecule has 1 aliphatic heterocycles. The van der Waals surface area contributed by atoms with Gasteiger partial charge in [0.05, 0.1) is 12.2 Å². The van der Waals surface area contributed by atoms with Gasteiger partial charge in [-0.1, -0.05) is 0 Å². The number of ether oxygens (including phenoxy) is 2. The predicted octanol–water partition coefficient (Wildman–Crippen LogP) is 0.788. The predicted molar refractivity (Wildman–Crippen MR) is 48.3 cm³/mol. The van der Waals surface area contributed by atoms with Gasteiger partial charge in [0.1, 0.15) is 5.60 Å². The molecule has 3 unspecified atom stereocenters. The average Bonchev–Trinajstić information content (AvgIpc) is 2.28. The van der Waals surface area contributed by atoms with E-state index in [0.29, 0.717) is 6.10 Å². The van der Waals surface area contributed by atoms with Crippen molar-refractivity contribution in [3.05, 3.63) is 0 Å². The highest BCUT2D eigenvalue weighted by atomic mass is 16.6. The Labute approximate surface area is 74.4 Å². The third-order valence-electron chi connectivity index (χ3n) is 2.69. The second-order valence-electron chi connectivity index (χ2n) is 3.59. The van der Waals surface area contributed by atoms with Gasteiger partial charge in [-0.2, -0.15) is 0 Å². The summed E-state index contributed by atoms with van der Waals surface area (Å²) in [5, 5.41) is 3.15. The molecule has 0 aromatic rings. The van der Waals surface area contributed by atoms with Crippen LogP contribution in [0.5, 0.6) is 0 Å². The zero-order chi connectivity index (χ0) is 9.19. The molecule has 0 saturated carbocycles. The van der Waals surface area contributed by atoms with Gasteiger partial charge in [0, 0.05) is 20.1 Å². The summed E-state index contributed by atoms with van der Waals surface area (Å²) >= 11 is 0. The largest absolute Gasteiger partial charge is 0.374 e. The number of rotatable bonds is 3. The molecule has 3 nitrogen and oxygen atoms in total. The van der Waals surface area contributed by atoms with Gasteiger partial charge in [-0.05, 0) is 20.9 Å². The molecule has 1 aliphatic rings. The summed E-state index contributed by atoms with van der Waals surface area (Å²) < 4.78 is 11.2. The van der Waals surface area contributed by atoms with E-state index in [2.05, 4.69) is 19.2 Å². The van der Waals surface area contributed by atoms with Crippen LogP contribution >= 0.6 is 0 Å². The Bertz CT molecular complexity index is 151. The first kappa shape index (κ1) is 9.96. The van der Waals surface area contributed by atoms with Crippen molar-refractivity contribution in [3.8, 4) is 0 Å². The molecule has 1 saturated heterocycles. The monoisotopic (exact) mass is 173 g/mol. The Hall–Kier alpha value is -0.120. The van der Waals surface area contributed by atoms with E-state index in [4.69, 9.17) is 9.47 Å². The van der Waals surface area contributed by atoms with E-state index in [0.717, 1.165) is 13.0 Å². The van der Waals surface area contributed by atoms with Crippen molar-refractivity contribution >= 4 is 0 Å². The Morgan fingerprint density at radius 1 is 1.58 bits per heavy atom. The molecule has 0 aliphatic carbocycles. The summed E-state index contributed by atoms with van der Waals surface area (Å²) in [5.41, 5.74) is -0.117. The SMILES string of the molecule is CNCC1(OC)CC(C)OC1C. The van der Waals surface area contributed by atoms with Crippen molar-refractivity contribution in [1.82, 2.24) is 5.32 Å². The fourth-order valence-corrected chi connectivity index (χ4v) is 2.01. The molecule has 1 fully saturated rings. The van der Waals surface area contributed by atoms with Crippen LogP contribution < -0.4 is 5.32 Å². The molecule has 72 valence electrons. The molecular formula is C9H19NO2. The number of likely N-dealkylation sites (N-methyl/N-ethyl adjacent to an activating group) is 1. The van der Waals surface area contributed by atoms with E-state index in [1.54, 1.807) is 7.11 Å². The van der Waals surface area contributed by atoms with Crippen molar-refractivity contribution < 1.29 is 9.47 Å². The minimum atomic E-state index is -0.117. The molecule has 1 rings (SSSR count). The lowest BCUT2D eigenvalue weighted by Crippen LogP contribution is -2.46. The van der Waals surface area contributed by atoms with Crippen molar-refractivity contribution in [3.63, 3.8) is 0 Å². The summed E-state index contributed by atoms with van der Waals surface area (Å²) in [6, 6.07) is 0. The number of methoxy groups -OCH3 is 1. The smallest absolute Gasteiger partial charge is 0.108 e. The molecular weight excluding hydrogens is 154 g/mol. The topological polar surface area (TPSA) is 30.5 Å². The summed E-state index contributed by atoms with van der Waals surface area (Å²) in [6.45, 7) is 5.02. The van der Waals surface area contributed by atoms with Crippen LogP contribution in [0.25, 0.3) is 0 Å². The molecule has 0 aromatic heterocycles. The first-order chi connectivity index (χ1) is 5.64. The maximum Gasteiger partial charge on any atom is 0.108 e. The minimum absolute atomic E-state index is 0.117. The Morgan fingerprint density at radius 2 is 2.25 bits per heavy atom. The van der Waals surface area contributed by atoms with E-state index in [-0.39, 0.29) is 11.7 Å². The van der Waals surface area contributed by atoms with Crippen LogP contribution in [0.1, 0.15) is 20.3 Å². The second-order valence-corrected chi connectivity index (χ2v) is 3.59. The molecule has 0 amide bonds. The third-order valence-corrected chi connectivity index (χ3v) is 2.69. The molecule has 12 heavy (non-hydrogen) atoms. The second kappa shape index (κ2) is 3.73. The first-order valence-electron chi connectivity index (χ1n) is 4.50. The molecule has 0 bridgehead atoms. The van der Waals surface area contributed by atoms with Gasteiger partial charge < -0.3 is 14.8 Å². The van der Waals surface area contributed by atoms with E-state index < -0.39 is 0 Å². The van der Waals surface area contributed by atoms with Crippen LogP contribution in [-0.4, -0.2) is 38.5 Å². The quantitative estimate of drug-likeness (QED) is 0.684. The molecule has 3 heteroatoms. The zero-order valence-electron chi connectivity index (χ0n) is 8.39. The highest BCUT2D eigenvalue weighted by molar-refractivity contribution is 4.95. The lowest BCUT2D eigenvalue weighted by atomic mass is 9.94. The lowest BCUT2D eigenvalue weighted by Gasteiger charge is -2.30. The van der Waals surface area contributed by atoms with Crippen molar-refractivity contribution in [2.24, 2.45) is 0 Å². The summed E-state index contributed by atoms with van der Waals surface area (Å²) in [5.74, 6) is 0. The van der Waals surface area contributed by atoms with Gasteiger partial charge in [-0.15, -0.1) is 0 Å². The normalized spacial score (nSPS) is 42.0. The fraction of sp³-hybridized carbons (Fsp3) is 1.00. The fourth-order valence-electron chi connectivity index (χ4n) is 2.01. The summed E-state index contributed by atoms with van der Waals surface area (Å²) in [4.78, 5) is 0. The van der Waals surface area contributed by atoms with Crippen LogP contribution in [0.15, 0.2) is 0 Å². The standard InChI is InChI=1S/C9H19NO2/c1-7-5-9(11-4,6-10-3)8(2)12-7/h7-8,10H,5-6H2,1-4H3. The van der Waals surface area contributed by atoms with E-state index >= 15 is 0 Å². The van der Waals surface area contributed by atoms with Crippen molar-refractivity contribution in [2.75, 3.05) is 20.7 Å². The van der Waals surface area contributed by atoms with Crippen molar-refractivity contribution in [1.29, 1.82) is 0 Å². The third kappa shape index (κ3) is 1.63. The Morgan fingerprint density at radius 3 is 2.58 bits per heavy atom. The highest BCUT2D eigenvalue weighted by Gasteiger charge is 2.44. The zero-order valence-corrected chi connectivity index (χ0v) is 8.39. The van der Waals surface area contributed by atoms with E-state index in [9.17, 15) is 0 Å². The Kier molecular flexibility index (Phi) is 3.09. The van der Waals surface area contributed by atoms with Gasteiger partial charge >= 0.3 is 0 Å². The summed E-state index contributed by atoms with van der Waals surface area (Å²) in [7, 11) is 3.70. The lowest BCUT2D eigenvalue weighted by molar-refractivity contribution is -0.0612. The van der Waals surface area contributed by atoms with Gasteiger partial charge in [-0.25, -0.2) is 0 Å². The van der Waals surface area contributed by atoms with Gasteiger partial charge in [0.25, 0.3) is 0 Å². The van der Waals surface area contributed by atoms with Crippen LogP contribution in [0, 0.1) is 0 Å². The number of hydrogen-bond acceptors (Lipinski definition) is 3. The van der Waals surface area contributed by atoms with Crippen molar-refractivity contribution in [2.45, 2.75) is 38.1 Å². The summed E-state index contributed by atoms with van der Waals surface area (Å²) in [6.07, 6.45) is 1.48. The maximum absolute atomic E-state index is 5.66. The number of hydrogen-bond donors (Lipinski definition) is 1. The van der Waals surface area contributed by atoms with Crippen LogP contribution in [0.2, 0.25) is 0 Å². The minimum Gasteiger partial charge on any atom is -0.374 e. The van der Waals surface area contributed by atoms with Gasteiger partial charge in [0.15, 0.2) is 0 Å². The molecule has 0 spiro atoms. The molecule has 1 heterocycles. The number of nitrogens with one attached hydrogen (secondary N) is 1. The Balaban J connectivity index is 2.65. The highest BCUT2D eigenvalue weighted by Crippen LogP contribution is 2.32. The molecule has 1 N–H and O–H groups in total. The van der Waals surface area contributed by atoms with Gasteiger partial charge in [-0.3, -0.25) is 0 Å². The van der Waals surface area contributed by atoms with Crippen LogP contribution in [0.3, 0.4) is 0 Å². The van der Waals surface area contributed by atoms with E-state index in [1.807, 2.05) is 7.05 Å². The van der Waals surface area contributed by atoms with Gasteiger partial charge in [0.2, 0.25) is 0 Å². The molecule has 3 atom stereocenters. The molecule has 0 radical (unpaired) electrons. The first-order valence-corrected chi connectivity index (χ1v) is 4.50. The van der Waals surface area contributed by atoms with E-state index in [1.165, 1.54) is 0 Å². The van der Waals surface area contributed by atoms with Crippen LogP contribution in [0.4, 0.5) is 0 Å². The molecule has 0 aromatic carbocycles. The average molecular weight is 173 g/mol.